The van der Waals surface area contributed by atoms with Crippen molar-refractivity contribution in [2.75, 3.05) is 0 Å². The topological polar surface area (TPSA) is 90.2 Å². The Kier molecular flexibility index (Phi) is 4.35. The van der Waals surface area contributed by atoms with E-state index in [2.05, 4.69) is 4.98 Å². The van der Waals surface area contributed by atoms with E-state index < -0.39 is 14.8 Å². The lowest BCUT2D eigenvalue weighted by molar-refractivity contribution is -0.385. The second-order valence-electron chi connectivity index (χ2n) is 5.89. The first-order valence-electron chi connectivity index (χ1n) is 6.52. The van der Waals surface area contributed by atoms with E-state index in [0.29, 0.717) is 5.01 Å². The van der Waals surface area contributed by atoms with Gasteiger partial charge in [0, 0.05) is 22.9 Å². The van der Waals surface area contributed by atoms with Gasteiger partial charge >= 0.3 is 0 Å². The molecule has 6 nitrogen and oxygen atoms in total. The number of benzene rings is 1. The molecule has 1 heterocycles. The van der Waals surface area contributed by atoms with Crippen molar-refractivity contribution < 1.29 is 13.3 Å². The molecular weight excluding hydrogens is 324 g/mol. The number of aromatic nitrogens is 1. The molecule has 0 N–H and O–H groups in total. The van der Waals surface area contributed by atoms with E-state index in [1.165, 1.54) is 29.5 Å². The highest BCUT2D eigenvalue weighted by Gasteiger charge is 2.22. The van der Waals surface area contributed by atoms with Gasteiger partial charge in [0.1, 0.15) is 10.8 Å². The predicted octanol–water partition coefficient (Wildman–Crippen LogP) is 3.32. The highest BCUT2D eigenvalue weighted by Crippen LogP contribution is 2.27. The summed E-state index contributed by atoms with van der Waals surface area (Å²) in [5.74, 6) is -0.255. The van der Waals surface area contributed by atoms with Crippen molar-refractivity contribution in [1.29, 1.82) is 0 Å². The number of nitro groups is 1. The lowest BCUT2D eigenvalue weighted by Gasteiger charge is -2.14. The fourth-order valence-corrected chi connectivity index (χ4v) is 4.44. The number of nitrogens with zero attached hydrogens (tertiary/aromatic N) is 2. The van der Waals surface area contributed by atoms with Crippen molar-refractivity contribution in [2.45, 2.75) is 36.8 Å². The van der Waals surface area contributed by atoms with Gasteiger partial charge in [0.2, 0.25) is 0 Å². The molecule has 8 heteroatoms. The van der Waals surface area contributed by atoms with Crippen LogP contribution in [0.4, 0.5) is 5.69 Å². The molecule has 0 amide bonds. The van der Waals surface area contributed by atoms with E-state index in [4.69, 9.17) is 0 Å². The Labute approximate surface area is 132 Å². The third kappa shape index (κ3) is 3.69. The predicted molar refractivity (Wildman–Crippen MR) is 84.8 cm³/mol. The van der Waals surface area contributed by atoms with Gasteiger partial charge in [-0.1, -0.05) is 26.8 Å². The molecule has 22 heavy (non-hydrogen) atoms. The fraction of sp³-hybridized carbons (Fsp3) is 0.357. The van der Waals surface area contributed by atoms with Crippen LogP contribution in [0.1, 0.15) is 31.5 Å². The molecule has 1 aromatic carbocycles. The molecule has 0 unspecified atom stereocenters. The molecule has 0 bridgehead atoms. The second kappa shape index (κ2) is 5.77. The van der Waals surface area contributed by atoms with Gasteiger partial charge < -0.3 is 0 Å². The lowest BCUT2D eigenvalue weighted by atomic mass is 9.93. The van der Waals surface area contributed by atoms with E-state index in [-0.39, 0.29) is 21.8 Å². The molecule has 2 aromatic rings. The molecule has 0 atom stereocenters. The van der Waals surface area contributed by atoms with Crippen LogP contribution in [-0.4, -0.2) is 18.3 Å². The summed E-state index contributed by atoms with van der Waals surface area (Å²) in [7, 11) is -3.66. The van der Waals surface area contributed by atoms with Gasteiger partial charge in [-0.25, -0.2) is 13.4 Å². The molecule has 118 valence electrons. The summed E-state index contributed by atoms with van der Waals surface area (Å²) in [5, 5.41) is 13.1. The van der Waals surface area contributed by atoms with Crippen molar-refractivity contribution >= 4 is 26.9 Å². The van der Waals surface area contributed by atoms with E-state index in [1.54, 1.807) is 0 Å². The molecule has 1 aromatic heterocycles. The molecule has 0 saturated carbocycles. The first-order valence-corrected chi connectivity index (χ1v) is 9.05. The monoisotopic (exact) mass is 340 g/mol. The van der Waals surface area contributed by atoms with E-state index in [0.717, 1.165) is 11.8 Å². The number of hydrogen-bond acceptors (Lipinski definition) is 6. The molecule has 0 aliphatic rings. The maximum absolute atomic E-state index is 12.4. The van der Waals surface area contributed by atoms with Crippen LogP contribution in [0.25, 0.3) is 0 Å². The number of hydrogen-bond donors (Lipinski definition) is 0. The van der Waals surface area contributed by atoms with Crippen LogP contribution >= 0.6 is 11.3 Å². The molecule has 0 radical (unpaired) electrons. The van der Waals surface area contributed by atoms with E-state index in [9.17, 15) is 18.5 Å². The summed E-state index contributed by atoms with van der Waals surface area (Å²) >= 11 is 1.28. The molecule has 2 rings (SSSR count). The Morgan fingerprint density at radius 3 is 2.55 bits per heavy atom. The first-order chi connectivity index (χ1) is 10.1. The Morgan fingerprint density at radius 2 is 2.00 bits per heavy atom. The van der Waals surface area contributed by atoms with Gasteiger partial charge in [-0.05, 0) is 6.07 Å². The lowest BCUT2D eigenvalue weighted by Crippen LogP contribution is -2.12. The van der Waals surface area contributed by atoms with Gasteiger partial charge in [0.05, 0.1) is 15.5 Å². The van der Waals surface area contributed by atoms with E-state index in [1.807, 2.05) is 26.2 Å². The third-order valence-electron chi connectivity index (χ3n) is 3.02. The van der Waals surface area contributed by atoms with E-state index >= 15 is 0 Å². The quantitative estimate of drug-likeness (QED) is 0.629. The number of non-ortho nitro benzene ring substituents is 1. The maximum Gasteiger partial charge on any atom is 0.270 e. The minimum absolute atomic E-state index is 0.0609. The molecule has 0 fully saturated rings. The smallest absolute Gasteiger partial charge is 0.258 e. The standard InChI is InChI=1S/C14H16N2O4S2/c1-14(2,3)12-8-21-13(15-12)9-22(19,20)11-6-4-5-10(7-11)16(17)18/h4-8H,9H2,1-3H3. The highest BCUT2D eigenvalue weighted by atomic mass is 32.2. The number of sulfone groups is 1. The fourth-order valence-electron chi connectivity index (χ4n) is 1.76. The SMILES string of the molecule is CC(C)(C)c1csc(CS(=O)(=O)c2cccc([N+](=O)[O-])c2)n1. The van der Waals surface area contributed by atoms with Crippen LogP contribution in [-0.2, 0) is 21.0 Å². The van der Waals surface area contributed by atoms with Crippen molar-refractivity contribution in [3.8, 4) is 0 Å². The Bertz CT molecular complexity index is 804. The zero-order chi connectivity index (χ0) is 16.5. The van der Waals surface area contributed by atoms with Crippen molar-refractivity contribution in [1.82, 2.24) is 4.98 Å². The number of nitro benzene ring substituents is 1. The van der Waals surface area contributed by atoms with Crippen LogP contribution in [0, 0.1) is 10.1 Å². The average Bonchev–Trinajstić information content (AvgIpc) is 2.86. The summed E-state index contributed by atoms with van der Waals surface area (Å²) in [5.41, 5.74) is 0.446. The largest absolute Gasteiger partial charge is 0.270 e. The summed E-state index contributed by atoms with van der Waals surface area (Å²) in [4.78, 5) is 14.4. The van der Waals surface area contributed by atoms with Gasteiger partial charge in [0.15, 0.2) is 9.84 Å². The Morgan fingerprint density at radius 1 is 1.32 bits per heavy atom. The second-order valence-corrected chi connectivity index (χ2v) is 8.82. The van der Waals surface area contributed by atoms with Gasteiger partial charge in [-0.3, -0.25) is 10.1 Å². The maximum atomic E-state index is 12.4. The summed E-state index contributed by atoms with van der Waals surface area (Å²) in [6, 6.07) is 5.07. The van der Waals surface area contributed by atoms with Crippen molar-refractivity contribution in [2.24, 2.45) is 0 Å². The zero-order valence-electron chi connectivity index (χ0n) is 12.4. The number of thiazole rings is 1. The molecule has 0 aliphatic heterocycles. The van der Waals surface area contributed by atoms with Gasteiger partial charge in [-0.15, -0.1) is 11.3 Å². The highest BCUT2D eigenvalue weighted by molar-refractivity contribution is 7.90. The van der Waals surface area contributed by atoms with Gasteiger partial charge in [-0.2, -0.15) is 0 Å². The Hall–Kier alpha value is -1.80. The summed E-state index contributed by atoms with van der Waals surface area (Å²) in [6.07, 6.45) is 0. The van der Waals surface area contributed by atoms with Crippen LogP contribution in [0.5, 0.6) is 0 Å². The van der Waals surface area contributed by atoms with Crippen LogP contribution in [0.15, 0.2) is 34.5 Å². The van der Waals surface area contributed by atoms with Gasteiger partial charge in [0.25, 0.3) is 5.69 Å². The third-order valence-corrected chi connectivity index (χ3v) is 5.68. The molecule has 0 saturated heterocycles. The minimum Gasteiger partial charge on any atom is -0.258 e. The molecular formula is C14H16N2O4S2. The van der Waals surface area contributed by atoms with Crippen LogP contribution in [0.2, 0.25) is 0 Å². The normalized spacial score (nSPS) is 12.3. The van der Waals surface area contributed by atoms with Crippen molar-refractivity contribution in [3.05, 3.63) is 50.5 Å². The van der Waals surface area contributed by atoms with Crippen LogP contribution in [0.3, 0.4) is 0 Å². The zero-order valence-corrected chi connectivity index (χ0v) is 14.1. The minimum atomic E-state index is -3.66. The number of rotatable bonds is 4. The van der Waals surface area contributed by atoms with Crippen molar-refractivity contribution in [3.63, 3.8) is 0 Å². The first kappa shape index (κ1) is 16.6. The summed E-state index contributed by atoms with van der Waals surface area (Å²) < 4.78 is 24.8. The molecule has 0 aliphatic carbocycles. The molecule has 0 spiro atoms. The van der Waals surface area contributed by atoms with Crippen LogP contribution < -0.4 is 0 Å². The summed E-state index contributed by atoms with van der Waals surface area (Å²) in [6.45, 7) is 6.00. The Balaban J connectivity index is 2.30. The average molecular weight is 340 g/mol.